The molecular weight excluding hydrogens is 389 g/mol. The highest BCUT2D eigenvalue weighted by atomic mass is 19.4. The lowest BCUT2D eigenvalue weighted by atomic mass is 10.1. The number of para-hydroxylation sites is 1. The normalized spacial score (nSPS) is 11.8. The molecule has 0 aliphatic carbocycles. The Morgan fingerprint density at radius 2 is 1.97 bits per heavy atom. The Bertz CT molecular complexity index is 1020. The van der Waals surface area contributed by atoms with Gasteiger partial charge in [0.05, 0.1) is 29.9 Å². The lowest BCUT2D eigenvalue weighted by Gasteiger charge is -2.13. The van der Waals surface area contributed by atoms with Crippen molar-refractivity contribution in [2.75, 3.05) is 5.32 Å². The second-order valence-electron chi connectivity index (χ2n) is 6.12. The minimum atomic E-state index is -4.67. The summed E-state index contributed by atoms with van der Waals surface area (Å²) >= 11 is 0. The Labute approximate surface area is 164 Å². The van der Waals surface area contributed by atoms with Crippen LogP contribution in [0.1, 0.15) is 28.9 Å². The first kappa shape index (κ1) is 21.7. The molecule has 0 fully saturated rings. The fraction of sp³-hybridized carbons (Fsp3) is 0.263. The number of nitrogens with one attached hydrogen (secondary N) is 1. The summed E-state index contributed by atoms with van der Waals surface area (Å²) in [6.45, 7) is 3.35. The minimum Gasteiger partial charge on any atom is -0.481 e. The molecule has 7 nitrogen and oxygen atoms in total. The number of carboxylic acids is 1. The summed E-state index contributed by atoms with van der Waals surface area (Å²) in [6.07, 6.45) is -3.61. The third kappa shape index (κ3) is 5.22. The Balaban J connectivity index is 2.33. The quantitative estimate of drug-likeness (QED) is 0.564. The number of alkyl halides is 3. The van der Waals surface area contributed by atoms with E-state index in [1.807, 2.05) is 0 Å². The van der Waals surface area contributed by atoms with Crippen LogP contribution in [0, 0.1) is 25.2 Å². The van der Waals surface area contributed by atoms with E-state index < -0.39 is 34.9 Å². The Morgan fingerprint density at radius 1 is 1.31 bits per heavy atom. The number of carbonyl (C=O) groups excluding carboxylic acids is 1. The van der Waals surface area contributed by atoms with Crippen LogP contribution in [0.5, 0.6) is 0 Å². The number of carbonyl (C=O) groups is 2. The zero-order chi connectivity index (χ0) is 21.8. The van der Waals surface area contributed by atoms with Crippen molar-refractivity contribution < 1.29 is 27.9 Å². The van der Waals surface area contributed by atoms with E-state index >= 15 is 0 Å². The lowest BCUT2D eigenvalue weighted by Crippen LogP contribution is -2.17. The molecule has 0 radical (unpaired) electrons. The maximum atomic E-state index is 13.1. The molecule has 0 spiro atoms. The first-order valence-corrected chi connectivity index (χ1v) is 8.39. The van der Waals surface area contributed by atoms with Gasteiger partial charge in [-0.1, -0.05) is 12.1 Å². The van der Waals surface area contributed by atoms with E-state index in [1.165, 1.54) is 22.9 Å². The fourth-order valence-electron chi connectivity index (χ4n) is 2.66. The molecule has 0 saturated carbocycles. The van der Waals surface area contributed by atoms with Crippen LogP contribution >= 0.6 is 0 Å². The van der Waals surface area contributed by atoms with Gasteiger partial charge in [-0.2, -0.15) is 23.5 Å². The van der Waals surface area contributed by atoms with Gasteiger partial charge in [0.25, 0.3) is 5.91 Å². The maximum Gasteiger partial charge on any atom is 0.418 e. The summed E-state index contributed by atoms with van der Waals surface area (Å²) in [6, 6.07) is 6.13. The molecule has 0 aliphatic rings. The molecule has 152 valence electrons. The van der Waals surface area contributed by atoms with Crippen LogP contribution in [-0.4, -0.2) is 26.8 Å². The Morgan fingerprint density at radius 3 is 2.55 bits per heavy atom. The number of aliphatic carboxylic acids is 1. The molecule has 2 N–H and O–H groups in total. The number of aryl methyl sites for hydroxylation is 2. The third-order valence-corrected chi connectivity index (χ3v) is 4.11. The van der Waals surface area contributed by atoms with Crippen LogP contribution in [-0.2, 0) is 22.3 Å². The van der Waals surface area contributed by atoms with E-state index in [2.05, 4.69) is 10.4 Å². The number of nitrogens with zero attached hydrogens (tertiary/aromatic N) is 3. The highest BCUT2D eigenvalue weighted by Gasteiger charge is 2.33. The number of aromatic nitrogens is 2. The lowest BCUT2D eigenvalue weighted by molar-refractivity contribution is -0.138. The number of benzene rings is 1. The average Bonchev–Trinajstić information content (AvgIpc) is 2.90. The van der Waals surface area contributed by atoms with Gasteiger partial charge in [0.2, 0.25) is 0 Å². The summed E-state index contributed by atoms with van der Waals surface area (Å²) in [4.78, 5) is 23.1. The molecule has 2 rings (SSSR count). The smallest absolute Gasteiger partial charge is 0.418 e. The van der Waals surface area contributed by atoms with Gasteiger partial charge in [-0.25, -0.2) is 0 Å². The summed E-state index contributed by atoms with van der Waals surface area (Å²) < 4.78 is 40.7. The molecule has 29 heavy (non-hydrogen) atoms. The SMILES string of the molecule is Cc1nn(CCC(=O)O)c(C)c1/C=C(/C#N)C(=O)Nc1ccccc1C(F)(F)F. The van der Waals surface area contributed by atoms with Crippen molar-refractivity contribution in [3.63, 3.8) is 0 Å². The standard InChI is InChI=1S/C19H17F3N4O3/c1-11-14(12(2)26(25-11)8-7-17(27)28)9-13(10-23)18(29)24-16-6-4-3-5-15(16)19(20,21)22/h3-6,9H,7-8H2,1-2H3,(H,24,29)(H,27,28)/b13-9-. The second kappa shape index (κ2) is 8.60. The van der Waals surface area contributed by atoms with E-state index in [9.17, 15) is 28.0 Å². The molecule has 10 heteroatoms. The largest absolute Gasteiger partial charge is 0.481 e. The highest BCUT2D eigenvalue weighted by molar-refractivity contribution is 6.10. The Kier molecular flexibility index (Phi) is 6.43. The van der Waals surface area contributed by atoms with Crippen molar-refractivity contribution >= 4 is 23.6 Å². The first-order valence-electron chi connectivity index (χ1n) is 8.39. The maximum absolute atomic E-state index is 13.1. The number of halogens is 3. The molecular formula is C19H17F3N4O3. The van der Waals surface area contributed by atoms with Gasteiger partial charge in [0.1, 0.15) is 11.6 Å². The number of rotatable bonds is 6. The molecule has 0 atom stereocenters. The molecule has 1 heterocycles. The molecule has 0 unspecified atom stereocenters. The van der Waals surface area contributed by atoms with Gasteiger partial charge in [-0.3, -0.25) is 14.3 Å². The van der Waals surface area contributed by atoms with E-state index in [4.69, 9.17) is 5.11 Å². The monoisotopic (exact) mass is 406 g/mol. The second-order valence-corrected chi connectivity index (χ2v) is 6.12. The zero-order valence-electron chi connectivity index (χ0n) is 15.5. The molecule has 1 amide bonds. The highest BCUT2D eigenvalue weighted by Crippen LogP contribution is 2.34. The number of hydrogen-bond acceptors (Lipinski definition) is 4. The van der Waals surface area contributed by atoms with Gasteiger partial charge in [0, 0.05) is 11.3 Å². The number of amides is 1. The van der Waals surface area contributed by atoms with Crippen molar-refractivity contribution in [1.82, 2.24) is 9.78 Å². The average molecular weight is 406 g/mol. The molecule has 2 aromatic rings. The van der Waals surface area contributed by atoms with Crippen LogP contribution in [0.4, 0.5) is 18.9 Å². The van der Waals surface area contributed by atoms with Gasteiger partial charge >= 0.3 is 12.1 Å². The van der Waals surface area contributed by atoms with E-state index in [1.54, 1.807) is 19.9 Å². The van der Waals surface area contributed by atoms with E-state index in [-0.39, 0.29) is 13.0 Å². The van der Waals surface area contributed by atoms with Crippen molar-refractivity contribution in [3.8, 4) is 6.07 Å². The van der Waals surface area contributed by atoms with Crippen molar-refractivity contribution in [2.45, 2.75) is 33.0 Å². The molecule has 1 aromatic carbocycles. The third-order valence-electron chi connectivity index (χ3n) is 4.11. The molecule has 0 saturated heterocycles. The van der Waals surface area contributed by atoms with Crippen LogP contribution in [0.2, 0.25) is 0 Å². The van der Waals surface area contributed by atoms with E-state index in [0.717, 1.165) is 12.1 Å². The fourth-order valence-corrected chi connectivity index (χ4v) is 2.66. The summed E-state index contributed by atoms with van der Waals surface area (Å²) in [5.41, 5.74) is -0.502. The number of anilines is 1. The molecule has 0 aliphatic heterocycles. The van der Waals surface area contributed by atoms with Crippen LogP contribution in [0.25, 0.3) is 6.08 Å². The van der Waals surface area contributed by atoms with Gasteiger partial charge in [0.15, 0.2) is 0 Å². The summed E-state index contributed by atoms with van der Waals surface area (Å²) in [5, 5.41) is 24.4. The molecule has 0 bridgehead atoms. The van der Waals surface area contributed by atoms with Crippen LogP contribution in [0.15, 0.2) is 29.8 Å². The minimum absolute atomic E-state index is 0.100. The summed E-state index contributed by atoms with van der Waals surface area (Å²) in [5.74, 6) is -2.00. The Hall–Kier alpha value is -3.61. The van der Waals surface area contributed by atoms with Crippen LogP contribution < -0.4 is 5.32 Å². The van der Waals surface area contributed by atoms with Gasteiger partial charge in [-0.05, 0) is 32.1 Å². The number of hydrogen-bond donors (Lipinski definition) is 2. The van der Waals surface area contributed by atoms with Crippen molar-refractivity contribution in [3.05, 3.63) is 52.4 Å². The van der Waals surface area contributed by atoms with Crippen molar-refractivity contribution in [2.24, 2.45) is 0 Å². The summed E-state index contributed by atoms with van der Waals surface area (Å²) in [7, 11) is 0. The zero-order valence-corrected chi connectivity index (χ0v) is 15.5. The first-order chi connectivity index (χ1) is 13.5. The number of carboxylic acid groups (broad SMARTS) is 1. The van der Waals surface area contributed by atoms with Gasteiger partial charge in [-0.15, -0.1) is 0 Å². The topological polar surface area (TPSA) is 108 Å². The van der Waals surface area contributed by atoms with Gasteiger partial charge < -0.3 is 10.4 Å². The predicted molar refractivity (Wildman–Crippen MR) is 97.6 cm³/mol. The van der Waals surface area contributed by atoms with Crippen molar-refractivity contribution in [1.29, 1.82) is 5.26 Å². The molecule has 1 aromatic heterocycles. The predicted octanol–water partition coefficient (Wildman–Crippen LogP) is 3.54. The van der Waals surface area contributed by atoms with Crippen LogP contribution in [0.3, 0.4) is 0 Å². The number of nitriles is 1. The van der Waals surface area contributed by atoms with E-state index in [0.29, 0.717) is 17.0 Å².